The van der Waals surface area contributed by atoms with Gasteiger partial charge in [0.2, 0.25) is 11.8 Å². The average Bonchev–Trinajstić information content (AvgIpc) is 2.81. The Hall–Kier alpha value is -1.79. The number of imide groups is 1. The molecule has 2 fully saturated rings. The fraction of sp³-hybridized carbons (Fsp3) is 0.562. The Morgan fingerprint density at radius 2 is 2.00 bits per heavy atom. The minimum absolute atomic E-state index is 0.0519. The Morgan fingerprint density at radius 3 is 2.73 bits per heavy atom. The van der Waals surface area contributed by atoms with Crippen molar-refractivity contribution in [1.29, 1.82) is 0 Å². The summed E-state index contributed by atoms with van der Waals surface area (Å²) in [5.41, 5.74) is 0.865. The highest BCUT2D eigenvalue weighted by Crippen LogP contribution is 2.22. The third-order valence-corrected chi connectivity index (χ3v) is 4.26. The molecule has 22 heavy (non-hydrogen) atoms. The normalized spacial score (nSPS) is 23.3. The van der Waals surface area contributed by atoms with Crippen LogP contribution in [0.4, 0.5) is 0 Å². The molecule has 2 aliphatic rings. The van der Waals surface area contributed by atoms with Crippen LogP contribution in [0.1, 0.15) is 12.1 Å². The summed E-state index contributed by atoms with van der Waals surface area (Å²) in [5, 5.41) is 0. The molecule has 0 aliphatic carbocycles. The zero-order valence-electron chi connectivity index (χ0n) is 12.6. The van der Waals surface area contributed by atoms with Crippen LogP contribution in [0.15, 0.2) is 24.4 Å². The number of carbonyl (C=O) groups excluding carboxylic acids is 2. The van der Waals surface area contributed by atoms with E-state index in [1.807, 2.05) is 18.2 Å². The average molecular weight is 303 g/mol. The van der Waals surface area contributed by atoms with Crippen molar-refractivity contribution >= 4 is 11.8 Å². The highest BCUT2D eigenvalue weighted by Gasteiger charge is 2.38. The number of hydrogen-bond donors (Lipinski definition) is 0. The minimum Gasteiger partial charge on any atom is -0.379 e. The van der Waals surface area contributed by atoms with Crippen LogP contribution >= 0.6 is 0 Å². The van der Waals surface area contributed by atoms with Gasteiger partial charge in [-0.25, -0.2) is 0 Å². The number of aromatic nitrogens is 1. The van der Waals surface area contributed by atoms with Gasteiger partial charge in [0.25, 0.3) is 0 Å². The molecule has 0 radical (unpaired) electrons. The molecule has 0 aromatic carbocycles. The topological polar surface area (TPSA) is 62.7 Å². The first kappa shape index (κ1) is 15.1. The molecule has 3 heterocycles. The van der Waals surface area contributed by atoms with Crippen molar-refractivity contribution in [3.63, 3.8) is 0 Å². The van der Waals surface area contributed by atoms with Gasteiger partial charge in [-0.05, 0) is 12.1 Å². The number of morpholine rings is 1. The highest BCUT2D eigenvalue weighted by atomic mass is 16.5. The van der Waals surface area contributed by atoms with Crippen LogP contribution in [0.5, 0.6) is 0 Å². The van der Waals surface area contributed by atoms with Gasteiger partial charge >= 0.3 is 0 Å². The van der Waals surface area contributed by atoms with Gasteiger partial charge in [0.15, 0.2) is 0 Å². The Labute approximate surface area is 130 Å². The van der Waals surface area contributed by atoms with E-state index in [0.717, 1.165) is 38.5 Å². The van der Waals surface area contributed by atoms with Gasteiger partial charge in [0.05, 0.1) is 19.1 Å². The monoisotopic (exact) mass is 303 g/mol. The van der Waals surface area contributed by atoms with Crippen molar-refractivity contribution < 1.29 is 14.3 Å². The van der Waals surface area contributed by atoms with Crippen LogP contribution < -0.4 is 0 Å². The Balaban J connectivity index is 1.54. The zero-order valence-corrected chi connectivity index (χ0v) is 12.6. The van der Waals surface area contributed by atoms with Crippen molar-refractivity contribution in [3.8, 4) is 0 Å². The summed E-state index contributed by atoms with van der Waals surface area (Å²) in [5.74, 6) is -0.366. The number of nitrogens with zero attached hydrogens (tertiary/aromatic N) is 3. The molecule has 6 nitrogen and oxygen atoms in total. The molecule has 1 unspecified atom stereocenters. The number of pyridine rings is 1. The standard InChI is InChI=1S/C16H21N3O3/c20-15-12-13(11-14-3-1-2-4-17-14)16(21)19(15)6-5-18-7-9-22-10-8-18/h1-4,13H,5-12H2. The summed E-state index contributed by atoms with van der Waals surface area (Å²) >= 11 is 0. The smallest absolute Gasteiger partial charge is 0.233 e. The van der Waals surface area contributed by atoms with E-state index in [1.54, 1.807) is 6.20 Å². The molecule has 3 rings (SSSR count). The van der Waals surface area contributed by atoms with Gasteiger partial charge < -0.3 is 4.74 Å². The maximum Gasteiger partial charge on any atom is 0.233 e. The van der Waals surface area contributed by atoms with E-state index in [9.17, 15) is 9.59 Å². The van der Waals surface area contributed by atoms with Gasteiger partial charge in [-0.1, -0.05) is 6.07 Å². The van der Waals surface area contributed by atoms with Gasteiger partial charge in [0, 0.05) is 50.9 Å². The van der Waals surface area contributed by atoms with Crippen molar-refractivity contribution in [2.75, 3.05) is 39.4 Å². The molecule has 1 aromatic heterocycles. The quantitative estimate of drug-likeness (QED) is 0.734. The number of likely N-dealkylation sites (tertiary alicyclic amines) is 1. The van der Waals surface area contributed by atoms with Crippen molar-refractivity contribution in [2.45, 2.75) is 12.8 Å². The Kier molecular flexibility index (Phi) is 4.80. The summed E-state index contributed by atoms with van der Waals surface area (Å²) < 4.78 is 5.30. The van der Waals surface area contributed by atoms with Crippen LogP contribution in [0, 0.1) is 5.92 Å². The Bertz CT molecular complexity index is 529. The highest BCUT2D eigenvalue weighted by molar-refractivity contribution is 6.03. The number of ether oxygens (including phenoxy) is 1. The first-order chi connectivity index (χ1) is 10.7. The van der Waals surface area contributed by atoms with E-state index in [1.165, 1.54) is 4.90 Å². The lowest BCUT2D eigenvalue weighted by atomic mass is 10.0. The first-order valence-electron chi connectivity index (χ1n) is 7.78. The predicted octanol–water partition coefficient (Wildman–Crippen LogP) is 0.331. The summed E-state index contributed by atoms with van der Waals surface area (Å²) in [6, 6.07) is 5.65. The summed E-state index contributed by atoms with van der Waals surface area (Å²) in [6.45, 7) is 4.41. The van der Waals surface area contributed by atoms with Crippen molar-refractivity contribution in [2.24, 2.45) is 5.92 Å². The summed E-state index contributed by atoms with van der Waals surface area (Å²) in [6.07, 6.45) is 2.56. The third-order valence-electron chi connectivity index (χ3n) is 4.26. The van der Waals surface area contributed by atoms with E-state index >= 15 is 0 Å². The van der Waals surface area contributed by atoms with E-state index in [0.29, 0.717) is 19.4 Å². The van der Waals surface area contributed by atoms with Crippen LogP contribution in [0.25, 0.3) is 0 Å². The second-order valence-corrected chi connectivity index (χ2v) is 5.76. The van der Waals surface area contributed by atoms with E-state index < -0.39 is 0 Å². The fourth-order valence-corrected chi connectivity index (χ4v) is 2.98. The number of amides is 2. The van der Waals surface area contributed by atoms with Gasteiger partial charge in [-0.15, -0.1) is 0 Å². The molecule has 0 N–H and O–H groups in total. The van der Waals surface area contributed by atoms with Gasteiger partial charge in [0.1, 0.15) is 0 Å². The lowest BCUT2D eigenvalue weighted by Gasteiger charge is -2.28. The maximum absolute atomic E-state index is 12.4. The fourth-order valence-electron chi connectivity index (χ4n) is 2.98. The molecule has 1 atom stereocenters. The first-order valence-corrected chi connectivity index (χ1v) is 7.78. The SMILES string of the molecule is O=C1CC(Cc2ccccn2)C(=O)N1CCN1CCOCC1. The van der Waals surface area contributed by atoms with E-state index in [4.69, 9.17) is 4.74 Å². The van der Waals surface area contributed by atoms with Crippen molar-refractivity contribution in [3.05, 3.63) is 30.1 Å². The molecule has 0 saturated carbocycles. The molecule has 2 amide bonds. The number of carbonyl (C=O) groups is 2. The largest absolute Gasteiger partial charge is 0.379 e. The Morgan fingerprint density at radius 1 is 1.18 bits per heavy atom. The molecule has 1 aromatic rings. The van der Waals surface area contributed by atoms with Crippen LogP contribution in [0.3, 0.4) is 0 Å². The predicted molar refractivity (Wildman–Crippen MR) is 80.0 cm³/mol. The minimum atomic E-state index is -0.257. The second-order valence-electron chi connectivity index (χ2n) is 5.76. The molecular weight excluding hydrogens is 282 g/mol. The summed E-state index contributed by atoms with van der Waals surface area (Å²) in [7, 11) is 0. The van der Waals surface area contributed by atoms with Crippen LogP contribution in [-0.2, 0) is 20.7 Å². The molecular formula is C16H21N3O3. The molecule has 2 saturated heterocycles. The van der Waals surface area contributed by atoms with E-state index in [2.05, 4.69) is 9.88 Å². The molecule has 118 valence electrons. The lowest BCUT2D eigenvalue weighted by molar-refractivity contribution is -0.139. The van der Waals surface area contributed by atoms with Gasteiger partial charge in [-0.3, -0.25) is 24.4 Å². The lowest BCUT2D eigenvalue weighted by Crippen LogP contribution is -2.43. The molecule has 0 spiro atoms. The third kappa shape index (κ3) is 3.51. The molecule has 2 aliphatic heterocycles. The van der Waals surface area contributed by atoms with Gasteiger partial charge in [-0.2, -0.15) is 0 Å². The van der Waals surface area contributed by atoms with Crippen LogP contribution in [-0.4, -0.2) is 66.0 Å². The van der Waals surface area contributed by atoms with Crippen molar-refractivity contribution in [1.82, 2.24) is 14.8 Å². The zero-order chi connectivity index (χ0) is 15.4. The maximum atomic E-state index is 12.4. The second kappa shape index (κ2) is 6.98. The number of rotatable bonds is 5. The van der Waals surface area contributed by atoms with Crippen LogP contribution in [0.2, 0.25) is 0 Å². The summed E-state index contributed by atoms with van der Waals surface area (Å²) in [4.78, 5) is 32.4. The number of hydrogen-bond acceptors (Lipinski definition) is 5. The molecule has 0 bridgehead atoms. The van der Waals surface area contributed by atoms with E-state index in [-0.39, 0.29) is 17.7 Å². The molecule has 6 heteroatoms.